The second-order valence-corrected chi connectivity index (χ2v) is 8.51. The maximum Gasteiger partial charge on any atom is 0.407 e. The zero-order valence-electron chi connectivity index (χ0n) is 19.2. The molecule has 3 rings (SSSR count). The first kappa shape index (κ1) is 24.3. The van der Waals surface area contributed by atoms with Crippen molar-refractivity contribution in [3.8, 4) is 11.1 Å². The summed E-state index contributed by atoms with van der Waals surface area (Å²) in [4.78, 5) is 35.3. The number of carbonyl (C=O) groups is 3. The number of carbonyl (C=O) groups excluding carboxylic acids is 2. The molecule has 7 heteroatoms. The summed E-state index contributed by atoms with van der Waals surface area (Å²) in [5, 5.41) is 14.4. The van der Waals surface area contributed by atoms with Gasteiger partial charge in [0.15, 0.2) is 0 Å². The molecule has 0 radical (unpaired) electrons. The van der Waals surface area contributed by atoms with Gasteiger partial charge < -0.3 is 20.5 Å². The summed E-state index contributed by atoms with van der Waals surface area (Å²) >= 11 is 0. The van der Waals surface area contributed by atoms with Gasteiger partial charge in [0.05, 0.1) is 0 Å². The lowest BCUT2D eigenvalue weighted by Crippen LogP contribution is -2.38. The van der Waals surface area contributed by atoms with E-state index in [4.69, 9.17) is 9.84 Å². The molecule has 2 unspecified atom stereocenters. The van der Waals surface area contributed by atoms with Crippen LogP contribution in [0.1, 0.15) is 63.0 Å². The molecule has 0 fully saturated rings. The number of hydrogen-bond donors (Lipinski definition) is 3. The molecular formula is C26H32N2O5. The van der Waals surface area contributed by atoms with Gasteiger partial charge in [0, 0.05) is 30.8 Å². The lowest BCUT2D eigenvalue weighted by atomic mass is 9.98. The Morgan fingerprint density at radius 1 is 0.939 bits per heavy atom. The highest BCUT2D eigenvalue weighted by molar-refractivity contribution is 5.79. The summed E-state index contributed by atoms with van der Waals surface area (Å²) in [5.74, 6) is -1.03. The number of aliphatic carboxylic acids is 1. The van der Waals surface area contributed by atoms with Crippen molar-refractivity contribution in [1.29, 1.82) is 0 Å². The van der Waals surface area contributed by atoms with Gasteiger partial charge >= 0.3 is 12.1 Å². The highest BCUT2D eigenvalue weighted by atomic mass is 16.5. The van der Waals surface area contributed by atoms with Gasteiger partial charge in [-0.05, 0) is 48.4 Å². The third kappa shape index (κ3) is 6.57. The predicted molar refractivity (Wildman–Crippen MR) is 126 cm³/mol. The molecule has 0 aromatic heterocycles. The molecule has 176 valence electrons. The van der Waals surface area contributed by atoms with Crippen LogP contribution in [-0.2, 0) is 14.3 Å². The predicted octanol–water partition coefficient (Wildman–Crippen LogP) is 4.45. The van der Waals surface area contributed by atoms with Crippen molar-refractivity contribution < 1.29 is 24.2 Å². The van der Waals surface area contributed by atoms with Gasteiger partial charge in [-0.15, -0.1) is 0 Å². The van der Waals surface area contributed by atoms with Gasteiger partial charge in [-0.25, -0.2) is 4.79 Å². The Kier molecular flexibility index (Phi) is 8.46. The van der Waals surface area contributed by atoms with E-state index in [2.05, 4.69) is 34.9 Å². The van der Waals surface area contributed by atoms with Crippen LogP contribution in [0.5, 0.6) is 0 Å². The van der Waals surface area contributed by atoms with Gasteiger partial charge in [0.1, 0.15) is 6.61 Å². The third-order valence-corrected chi connectivity index (χ3v) is 6.08. The lowest BCUT2D eigenvalue weighted by Gasteiger charge is -2.19. The summed E-state index contributed by atoms with van der Waals surface area (Å²) in [6, 6.07) is 16.0. The molecule has 3 N–H and O–H groups in total. The smallest absolute Gasteiger partial charge is 0.407 e. The quantitative estimate of drug-likeness (QED) is 0.467. The van der Waals surface area contributed by atoms with E-state index in [0.717, 1.165) is 11.1 Å². The molecule has 0 saturated carbocycles. The fourth-order valence-electron chi connectivity index (χ4n) is 4.25. The number of ether oxygens (including phenoxy) is 1. The number of benzene rings is 2. The average Bonchev–Trinajstić information content (AvgIpc) is 3.12. The van der Waals surface area contributed by atoms with Gasteiger partial charge in [-0.2, -0.15) is 0 Å². The van der Waals surface area contributed by atoms with E-state index in [1.807, 2.05) is 31.2 Å². The first-order chi connectivity index (χ1) is 15.9. The van der Waals surface area contributed by atoms with Gasteiger partial charge in [0.25, 0.3) is 0 Å². The summed E-state index contributed by atoms with van der Waals surface area (Å²) in [6.07, 6.45) is 1.32. The number of carboxylic acids is 1. The molecule has 0 bridgehead atoms. The number of hydrogen-bond acceptors (Lipinski definition) is 4. The highest BCUT2D eigenvalue weighted by Gasteiger charge is 2.29. The fraction of sp³-hybridized carbons (Fsp3) is 0.423. The van der Waals surface area contributed by atoms with E-state index in [1.54, 1.807) is 6.92 Å². The first-order valence-corrected chi connectivity index (χ1v) is 11.5. The largest absolute Gasteiger partial charge is 0.481 e. The molecule has 2 amide bonds. The molecule has 0 spiro atoms. The third-order valence-electron chi connectivity index (χ3n) is 6.08. The van der Waals surface area contributed by atoms with Crippen LogP contribution in [0.15, 0.2) is 48.5 Å². The van der Waals surface area contributed by atoms with Gasteiger partial charge in [-0.3, -0.25) is 9.59 Å². The maximum absolute atomic E-state index is 12.5. The van der Waals surface area contributed by atoms with Crippen LogP contribution in [0, 0.1) is 0 Å². The second kappa shape index (κ2) is 11.5. The summed E-state index contributed by atoms with van der Waals surface area (Å²) in [6.45, 7) is 3.98. The van der Waals surface area contributed by atoms with E-state index in [1.165, 1.54) is 11.1 Å². The van der Waals surface area contributed by atoms with E-state index in [9.17, 15) is 14.4 Å². The Labute approximate surface area is 194 Å². The molecule has 2 aromatic rings. The monoisotopic (exact) mass is 452 g/mol. The van der Waals surface area contributed by atoms with E-state index in [0.29, 0.717) is 19.3 Å². The van der Waals surface area contributed by atoms with Gasteiger partial charge in [-0.1, -0.05) is 55.5 Å². The Hall–Kier alpha value is -3.35. The number of rotatable bonds is 11. The minimum atomic E-state index is -0.880. The Balaban J connectivity index is 1.47. The zero-order chi connectivity index (χ0) is 23.8. The molecule has 2 aromatic carbocycles. The van der Waals surface area contributed by atoms with Crippen molar-refractivity contribution in [1.82, 2.24) is 10.6 Å². The van der Waals surface area contributed by atoms with E-state index >= 15 is 0 Å². The number of nitrogens with one attached hydrogen (secondary N) is 2. The van der Waals surface area contributed by atoms with E-state index in [-0.39, 0.29) is 43.4 Å². The molecule has 0 aliphatic heterocycles. The number of fused-ring (bicyclic) bond motifs is 3. The zero-order valence-corrected chi connectivity index (χ0v) is 19.2. The molecule has 33 heavy (non-hydrogen) atoms. The minimum absolute atomic E-state index is 0.00120. The SMILES string of the molecule is CCC(CCC(=O)NC(C)CCC(=O)O)NC(=O)OCC1c2ccccc2-c2ccccc21. The summed E-state index contributed by atoms with van der Waals surface area (Å²) < 4.78 is 5.59. The normalized spacial score (nSPS) is 14.0. The van der Waals surface area contributed by atoms with Crippen LogP contribution in [0.2, 0.25) is 0 Å². The molecule has 0 heterocycles. The standard InChI is InChI=1S/C26H32N2O5/c1-3-18(13-14-24(29)27-17(2)12-15-25(30)31)28-26(32)33-16-23-21-10-6-4-8-19(21)20-9-5-7-11-22(20)23/h4-11,17-18,23H,3,12-16H2,1-2H3,(H,27,29)(H,28,32)(H,30,31). The lowest BCUT2D eigenvalue weighted by molar-refractivity contribution is -0.137. The first-order valence-electron chi connectivity index (χ1n) is 11.5. The van der Waals surface area contributed by atoms with Crippen LogP contribution >= 0.6 is 0 Å². The number of amides is 2. The van der Waals surface area contributed by atoms with Crippen LogP contribution in [-0.4, -0.2) is 41.8 Å². The van der Waals surface area contributed by atoms with Crippen molar-refractivity contribution in [2.24, 2.45) is 0 Å². The van der Waals surface area contributed by atoms with Crippen molar-refractivity contribution in [3.63, 3.8) is 0 Å². The van der Waals surface area contributed by atoms with Crippen molar-refractivity contribution in [2.45, 2.75) is 64.0 Å². The number of carboxylic acid groups (broad SMARTS) is 1. The highest BCUT2D eigenvalue weighted by Crippen LogP contribution is 2.44. The van der Waals surface area contributed by atoms with Crippen molar-refractivity contribution in [3.05, 3.63) is 59.7 Å². The van der Waals surface area contributed by atoms with Crippen LogP contribution in [0.25, 0.3) is 11.1 Å². The molecule has 1 aliphatic carbocycles. The van der Waals surface area contributed by atoms with Gasteiger partial charge in [0.2, 0.25) is 5.91 Å². The van der Waals surface area contributed by atoms with Crippen LogP contribution in [0.4, 0.5) is 4.79 Å². The molecule has 7 nitrogen and oxygen atoms in total. The Bertz CT molecular complexity index is 945. The second-order valence-electron chi connectivity index (χ2n) is 8.51. The van der Waals surface area contributed by atoms with Crippen LogP contribution in [0.3, 0.4) is 0 Å². The van der Waals surface area contributed by atoms with Crippen molar-refractivity contribution >= 4 is 18.0 Å². The van der Waals surface area contributed by atoms with Crippen molar-refractivity contribution in [2.75, 3.05) is 6.61 Å². The molecule has 0 saturated heterocycles. The number of alkyl carbamates (subject to hydrolysis) is 1. The Morgan fingerprint density at radius 2 is 1.55 bits per heavy atom. The Morgan fingerprint density at radius 3 is 2.12 bits per heavy atom. The van der Waals surface area contributed by atoms with Crippen LogP contribution < -0.4 is 10.6 Å². The maximum atomic E-state index is 12.5. The fourth-order valence-corrected chi connectivity index (χ4v) is 4.25. The van der Waals surface area contributed by atoms with E-state index < -0.39 is 12.1 Å². The summed E-state index contributed by atoms with van der Waals surface area (Å²) in [7, 11) is 0. The topological polar surface area (TPSA) is 105 Å². The summed E-state index contributed by atoms with van der Waals surface area (Å²) in [5.41, 5.74) is 4.67. The minimum Gasteiger partial charge on any atom is -0.481 e. The molecular weight excluding hydrogens is 420 g/mol. The molecule has 1 aliphatic rings. The molecule has 2 atom stereocenters. The average molecular weight is 453 g/mol.